The molecule has 1 amide bonds. The van der Waals surface area contributed by atoms with Crippen LogP contribution in [0.15, 0.2) is 66.7 Å². The first-order chi connectivity index (χ1) is 18.6. The maximum absolute atomic E-state index is 12.8. The van der Waals surface area contributed by atoms with Gasteiger partial charge in [-0.25, -0.2) is 18.4 Å². The third-order valence-electron chi connectivity index (χ3n) is 5.16. The number of aryl methyl sites for hydroxylation is 2. The third kappa shape index (κ3) is 7.86. The maximum atomic E-state index is 12.8. The van der Waals surface area contributed by atoms with E-state index >= 15 is 0 Å². The predicted molar refractivity (Wildman–Crippen MR) is 149 cm³/mol. The van der Waals surface area contributed by atoms with Crippen LogP contribution in [-0.4, -0.2) is 41.5 Å². The molecule has 4 N–H and O–H groups in total. The van der Waals surface area contributed by atoms with Gasteiger partial charge >= 0.3 is 11.3 Å². The monoisotopic (exact) mass is 570 g/mol. The largest absolute Gasteiger partial charge is 0.473 e. The smallest absolute Gasteiger partial charge is 0.306 e. The predicted octanol–water partition coefficient (Wildman–Crippen LogP) is 2.96. The Morgan fingerprint density at radius 1 is 1.00 bits per heavy atom. The summed E-state index contributed by atoms with van der Waals surface area (Å²) in [5.74, 6) is 0.278. The molecule has 0 saturated carbocycles. The van der Waals surface area contributed by atoms with E-state index < -0.39 is 27.2 Å². The molecule has 204 valence electrons. The van der Waals surface area contributed by atoms with Gasteiger partial charge in [-0.05, 0) is 49.7 Å². The van der Waals surface area contributed by atoms with Crippen molar-refractivity contribution in [1.82, 2.24) is 20.1 Å². The molecule has 0 aliphatic carbocycles. The van der Waals surface area contributed by atoms with Crippen LogP contribution in [0, 0.1) is 13.8 Å². The molecule has 14 heteroatoms. The van der Waals surface area contributed by atoms with Crippen LogP contribution in [0.1, 0.15) is 21.7 Å². The van der Waals surface area contributed by atoms with Crippen molar-refractivity contribution in [3.63, 3.8) is 0 Å². The Hall–Kier alpha value is -4.27. The van der Waals surface area contributed by atoms with Gasteiger partial charge < -0.3 is 14.2 Å². The Balaban J connectivity index is 1.42. The van der Waals surface area contributed by atoms with E-state index in [9.17, 15) is 17.4 Å². The number of hydrogen-bond donors (Lipinski definition) is 4. The first-order valence-electron chi connectivity index (χ1n) is 11.5. The maximum Gasteiger partial charge on any atom is 0.306 e. The quantitative estimate of drug-likeness (QED) is 0.157. The molecule has 39 heavy (non-hydrogen) atoms. The fraction of sp³-hybridized carbons (Fsp3) is 0.160. The summed E-state index contributed by atoms with van der Waals surface area (Å²) in [4.78, 5) is 23.8. The van der Waals surface area contributed by atoms with Crippen molar-refractivity contribution in [1.29, 1.82) is 0 Å². The van der Waals surface area contributed by atoms with Crippen molar-refractivity contribution in [3.8, 4) is 11.5 Å². The average Bonchev–Trinajstić information content (AvgIpc) is 2.87. The molecular weight excluding hydrogens is 544 g/mol. The summed E-state index contributed by atoms with van der Waals surface area (Å²) in [5.41, 5.74) is 5.47. The van der Waals surface area contributed by atoms with Crippen LogP contribution in [0.4, 0.5) is 11.5 Å². The summed E-state index contributed by atoms with van der Waals surface area (Å²) in [6, 6.07) is 18.6. The summed E-state index contributed by atoms with van der Waals surface area (Å²) < 4.78 is 48.7. The van der Waals surface area contributed by atoms with Crippen molar-refractivity contribution in [2.24, 2.45) is 0 Å². The molecule has 12 nitrogen and oxygen atoms in total. The van der Waals surface area contributed by atoms with Crippen molar-refractivity contribution in [2.45, 2.75) is 13.8 Å². The van der Waals surface area contributed by atoms with Crippen LogP contribution in [0.2, 0.25) is 0 Å². The number of hydrogen-bond acceptors (Lipinski definition) is 9. The second kappa shape index (κ2) is 12.1. The van der Waals surface area contributed by atoms with Gasteiger partial charge in [-0.2, -0.15) is 4.21 Å². The molecule has 0 bridgehead atoms. The number of sulfonamides is 1. The number of anilines is 2. The summed E-state index contributed by atoms with van der Waals surface area (Å²) >= 11 is -2.11. The van der Waals surface area contributed by atoms with Crippen molar-refractivity contribution >= 4 is 49.6 Å². The van der Waals surface area contributed by atoms with Gasteiger partial charge in [-0.3, -0.25) is 14.9 Å². The van der Waals surface area contributed by atoms with Crippen molar-refractivity contribution in [2.75, 3.05) is 23.1 Å². The summed E-state index contributed by atoms with van der Waals surface area (Å²) in [6.07, 6.45) is 1.02. The lowest BCUT2D eigenvalue weighted by Crippen LogP contribution is -2.31. The van der Waals surface area contributed by atoms with Crippen LogP contribution < -0.4 is 29.2 Å². The molecule has 4 aromatic rings. The van der Waals surface area contributed by atoms with E-state index in [-0.39, 0.29) is 29.8 Å². The van der Waals surface area contributed by atoms with E-state index in [1.165, 1.54) is 18.2 Å². The first-order valence-corrected chi connectivity index (χ1v) is 14.5. The van der Waals surface area contributed by atoms with Gasteiger partial charge in [0.05, 0.1) is 17.5 Å². The number of aromatic nitrogens is 2. The van der Waals surface area contributed by atoms with Crippen LogP contribution in [0.25, 0.3) is 10.9 Å². The highest BCUT2D eigenvalue weighted by atomic mass is 32.2. The molecule has 3 aromatic carbocycles. The van der Waals surface area contributed by atoms with E-state index in [0.29, 0.717) is 16.7 Å². The highest BCUT2D eigenvalue weighted by molar-refractivity contribution is 7.92. The standard InChI is InChI=1S/C25H26N6O6S2/c1-16-11-12-22(17(2)13-16)36-15-26-25(32)24-27-21-10-5-4-9-20(21)23(28-24)29-31-38(33)37-19-8-6-7-18(14-19)30-39(3,34)35/h4-14,30-31H,15H2,1-3H3,(H,26,32)(H,27,28,29). The minimum Gasteiger partial charge on any atom is -0.473 e. The van der Waals surface area contributed by atoms with Crippen LogP contribution in [0.3, 0.4) is 0 Å². The number of amides is 1. The fourth-order valence-corrected chi connectivity index (χ4v) is 4.57. The summed E-state index contributed by atoms with van der Waals surface area (Å²) in [6.45, 7) is 3.80. The summed E-state index contributed by atoms with van der Waals surface area (Å²) in [5, 5.41) is 3.19. The zero-order chi connectivity index (χ0) is 28.0. The van der Waals surface area contributed by atoms with Crippen LogP contribution >= 0.6 is 0 Å². The van der Waals surface area contributed by atoms with Crippen LogP contribution in [0.5, 0.6) is 11.5 Å². The Morgan fingerprint density at radius 3 is 2.56 bits per heavy atom. The molecule has 0 aliphatic rings. The molecule has 1 atom stereocenters. The second-order valence-electron chi connectivity index (χ2n) is 8.42. The molecule has 4 rings (SSSR count). The van der Waals surface area contributed by atoms with Gasteiger partial charge in [0.25, 0.3) is 5.91 Å². The molecule has 0 radical (unpaired) electrons. The Morgan fingerprint density at radius 2 is 1.79 bits per heavy atom. The van der Waals surface area contributed by atoms with Gasteiger partial charge in [0.2, 0.25) is 15.8 Å². The van der Waals surface area contributed by atoms with Crippen molar-refractivity contribution < 1.29 is 26.3 Å². The Bertz CT molecular complexity index is 1650. The van der Waals surface area contributed by atoms with Gasteiger partial charge in [0, 0.05) is 11.5 Å². The number of para-hydroxylation sites is 1. The minimum absolute atomic E-state index is 0.0922. The number of benzene rings is 3. The number of ether oxygens (including phenoxy) is 1. The highest BCUT2D eigenvalue weighted by Gasteiger charge is 2.15. The zero-order valence-electron chi connectivity index (χ0n) is 21.2. The number of fused-ring (bicyclic) bond motifs is 1. The van der Waals surface area contributed by atoms with E-state index in [0.717, 1.165) is 17.4 Å². The van der Waals surface area contributed by atoms with Gasteiger partial charge in [-0.1, -0.05) is 35.9 Å². The molecule has 0 fully saturated rings. The molecule has 0 saturated heterocycles. The summed E-state index contributed by atoms with van der Waals surface area (Å²) in [7, 11) is -3.49. The highest BCUT2D eigenvalue weighted by Crippen LogP contribution is 2.21. The number of carbonyl (C=O) groups is 1. The van der Waals surface area contributed by atoms with E-state index in [2.05, 4.69) is 30.3 Å². The molecule has 1 aromatic heterocycles. The topological polar surface area (TPSA) is 161 Å². The first kappa shape index (κ1) is 27.8. The van der Waals surface area contributed by atoms with Crippen LogP contribution in [-0.2, 0) is 21.3 Å². The molecule has 0 aliphatic heterocycles. The lowest BCUT2D eigenvalue weighted by Gasteiger charge is -2.13. The second-order valence-corrected chi connectivity index (χ2v) is 11.0. The lowest BCUT2D eigenvalue weighted by atomic mass is 10.1. The van der Waals surface area contributed by atoms with Gasteiger partial charge in [0.15, 0.2) is 12.5 Å². The van der Waals surface area contributed by atoms with E-state index in [1.807, 2.05) is 32.0 Å². The Labute approximate surface area is 228 Å². The number of nitrogens with zero attached hydrogens (tertiary/aromatic N) is 2. The lowest BCUT2D eigenvalue weighted by molar-refractivity contribution is 0.0908. The molecular formula is C25H26N6O6S2. The number of carbonyl (C=O) groups excluding carboxylic acids is 1. The number of rotatable bonds is 11. The SMILES string of the molecule is Cc1ccc(OCNC(=O)c2nc(NNS(=O)Oc3cccc(NS(C)(=O)=O)c3)c3ccccc3n2)c(C)c1. The molecule has 0 spiro atoms. The van der Waals surface area contributed by atoms with Gasteiger partial charge in [-0.15, -0.1) is 4.83 Å². The normalized spacial score (nSPS) is 12.0. The fourth-order valence-electron chi connectivity index (χ4n) is 3.52. The average molecular weight is 571 g/mol. The minimum atomic E-state index is -3.49. The number of nitrogens with one attached hydrogen (secondary N) is 4. The molecule has 1 heterocycles. The van der Waals surface area contributed by atoms with E-state index in [4.69, 9.17) is 8.92 Å². The number of hydrazine groups is 1. The molecule has 1 unspecified atom stereocenters. The van der Waals surface area contributed by atoms with Gasteiger partial charge in [0.1, 0.15) is 11.5 Å². The third-order valence-corrected chi connectivity index (χ3v) is 6.38. The Kier molecular flexibility index (Phi) is 8.59. The van der Waals surface area contributed by atoms with Crippen molar-refractivity contribution in [3.05, 3.63) is 83.7 Å². The zero-order valence-corrected chi connectivity index (χ0v) is 22.9. The van der Waals surface area contributed by atoms with E-state index in [1.54, 1.807) is 30.3 Å².